The zero-order valence-electron chi connectivity index (χ0n) is 13.2. The van der Waals surface area contributed by atoms with Crippen LogP contribution in [0.1, 0.15) is 38.5 Å². The van der Waals surface area contributed by atoms with Crippen LogP contribution in [0.3, 0.4) is 0 Å². The van der Waals surface area contributed by atoms with Crippen LogP contribution < -0.4 is 0 Å². The normalized spacial score (nSPS) is 27.5. The Hall–Kier alpha value is 0.870. The molecule has 0 aromatic heterocycles. The van der Waals surface area contributed by atoms with Crippen LogP contribution in [0.25, 0.3) is 0 Å². The van der Waals surface area contributed by atoms with Gasteiger partial charge in [-0.1, -0.05) is 6.42 Å². The molecular formula is C16H28O2S4. The Balaban J connectivity index is 1.71. The lowest BCUT2D eigenvalue weighted by Crippen LogP contribution is -2.25. The summed E-state index contributed by atoms with van der Waals surface area (Å²) in [6.45, 7) is 0. The highest BCUT2D eigenvalue weighted by Gasteiger charge is 2.25. The molecular weight excluding hydrogens is 352 g/mol. The Kier molecular flexibility index (Phi) is 9.97. The number of carboxylic acid groups (broad SMARTS) is 1. The summed E-state index contributed by atoms with van der Waals surface area (Å²) in [5.41, 5.74) is 0. The highest BCUT2D eigenvalue weighted by Crippen LogP contribution is 2.36. The largest absolute Gasteiger partial charge is 0.481 e. The van der Waals surface area contributed by atoms with Crippen LogP contribution >= 0.6 is 47.0 Å². The molecule has 2 fully saturated rings. The smallest absolute Gasteiger partial charge is 0.303 e. The molecule has 3 atom stereocenters. The molecule has 0 bridgehead atoms. The van der Waals surface area contributed by atoms with Gasteiger partial charge in [-0.15, -0.1) is 0 Å². The fourth-order valence-corrected chi connectivity index (χ4v) is 8.96. The summed E-state index contributed by atoms with van der Waals surface area (Å²) >= 11 is 8.50. The molecule has 0 spiro atoms. The van der Waals surface area contributed by atoms with Crippen molar-refractivity contribution in [3.8, 4) is 0 Å². The Morgan fingerprint density at radius 2 is 1.73 bits per heavy atom. The highest BCUT2D eigenvalue weighted by atomic mass is 32.2. The minimum atomic E-state index is -0.639. The molecule has 2 saturated heterocycles. The van der Waals surface area contributed by atoms with Gasteiger partial charge in [0.05, 0.1) is 0 Å². The molecule has 0 amide bonds. The van der Waals surface area contributed by atoms with E-state index < -0.39 is 5.97 Å². The molecule has 6 heteroatoms. The molecule has 22 heavy (non-hydrogen) atoms. The van der Waals surface area contributed by atoms with Gasteiger partial charge in [0.15, 0.2) is 0 Å². The van der Waals surface area contributed by atoms with Gasteiger partial charge < -0.3 is 5.11 Å². The molecule has 2 aliphatic rings. The molecule has 0 aliphatic carbocycles. The molecule has 0 aromatic carbocycles. The lowest BCUT2D eigenvalue weighted by atomic mass is 9.92. The van der Waals surface area contributed by atoms with Crippen LogP contribution in [-0.2, 0) is 4.79 Å². The minimum Gasteiger partial charge on any atom is -0.481 e. The topological polar surface area (TPSA) is 37.3 Å². The first-order valence-electron chi connectivity index (χ1n) is 8.36. The first-order chi connectivity index (χ1) is 10.8. The fourth-order valence-electron chi connectivity index (χ4n) is 3.12. The van der Waals surface area contributed by atoms with Crippen molar-refractivity contribution < 1.29 is 9.90 Å². The quantitative estimate of drug-likeness (QED) is 0.623. The van der Waals surface area contributed by atoms with Crippen LogP contribution in [-0.4, -0.2) is 56.1 Å². The van der Waals surface area contributed by atoms with E-state index in [1.165, 1.54) is 53.8 Å². The number of hydrogen-bond donors (Lipinski definition) is 1. The van der Waals surface area contributed by atoms with E-state index in [-0.39, 0.29) is 0 Å². The van der Waals surface area contributed by atoms with E-state index in [2.05, 4.69) is 47.0 Å². The van der Waals surface area contributed by atoms with Crippen molar-refractivity contribution in [2.45, 2.75) is 49.0 Å². The molecule has 2 aliphatic heterocycles. The molecule has 0 radical (unpaired) electrons. The Bertz CT molecular complexity index is 315. The van der Waals surface area contributed by atoms with Gasteiger partial charge in [0.2, 0.25) is 0 Å². The fraction of sp³-hybridized carbons (Fsp3) is 0.938. The maximum absolute atomic E-state index is 10.8. The van der Waals surface area contributed by atoms with Crippen molar-refractivity contribution in [1.29, 1.82) is 0 Å². The van der Waals surface area contributed by atoms with E-state index >= 15 is 0 Å². The van der Waals surface area contributed by atoms with Crippen molar-refractivity contribution in [3.05, 3.63) is 0 Å². The lowest BCUT2D eigenvalue weighted by Gasteiger charge is -2.30. The van der Waals surface area contributed by atoms with E-state index in [4.69, 9.17) is 5.11 Å². The van der Waals surface area contributed by atoms with Crippen molar-refractivity contribution >= 4 is 53.0 Å². The first kappa shape index (κ1) is 19.2. The lowest BCUT2D eigenvalue weighted by molar-refractivity contribution is -0.137. The van der Waals surface area contributed by atoms with Crippen LogP contribution in [0.15, 0.2) is 0 Å². The zero-order valence-corrected chi connectivity index (χ0v) is 16.5. The maximum Gasteiger partial charge on any atom is 0.303 e. The Morgan fingerprint density at radius 3 is 2.36 bits per heavy atom. The van der Waals surface area contributed by atoms with E-state index in [9.17, 15) is 4.79 Å². The number of aliphatic carboxylic acids is 1. The summed E-state index contributed by atoms with van der Waals surface area (Å²) < 4.78 is 0. The predicted octanol–water partition coefficient (Wildman–Crippen LogP) is 4.73. The highest BCUT2D eigenvalue weighted by molar-refractivity contribution is 8.07. The maximum atomic E-state index is 10.8. The molecule has 0 saturated carbocycles. The summed E-state index contributed by atoms with van der Waals surface area (Å²) in [5.74, 6) is 7.93. The second-order valence-electron chi connectivity index (χ2n) is 6.03. The van der Waals surface area contributed by atoms with Crippen molar-refractivity contribution in [1.82, 2.24) is 0 Å². The van der Waals surface area contributed by atoms with E-state index in [0.29, 0.717) is 6.42 Å². The van der Waals surface area contributed by atoms with E-state index in [1.807, 2.05) is 0 Å². The number of thioether (sulfide) groups is 4. The summed E-state index contributed by atoms with van der Waals surface area (Å²) in [4.78, 5) is 10.8. The van der Waals surface area contributed by atoms with Gasteiger partial charge in [-0.3, -0.25) is 4.79 Å². The van der Waals surface area contributed by atoms with Gasteiger partial charge in [-0.25, -0.2) is 0 Å². The first-order valence-corrected chi connectivity index (χ1v) is 12.8. The number of carboxylic acids is 1. The molecule has 2 rings (SSSR count). The van der Waals surface area contributed by atoms with Gasteiger partial charge in [-0.05, 0) is 31.6 Å². The summed E-state index contributed by atoms with van der Waals surface area (Å²) in [5, 5.41) is 10.5. The molecule has 0 aromatic rings. The average Bonchev–Trinajstić information content (AvgIpc) is 2.55. The Morgan fingerprint density at radius 1 is 1.00 bits per heavy atom. The van der Waals surface area contributed by atoms with E-state index in [1.54, 1.807) is 0 Å². The molecule has 2 heterocycles. The second kappa shape index (κ2) is 11.4. The van der Waals surface area contributed by atoms with Crippen molar-refractivity contribution in [2.24, 2.45) is 5.92 Å². The number of rotatable bonds is 9. The van der Waals surface area contributed by atoms with Crippen LogP contribution in [0.2, 0.25) is 0 Å². The molecule has 1 N–H and O–H groups in total. The Labute approximate surface area is 152 Å². The second-order valence-corrected chi connectivity index (χ2v) is 11.1. The van der Waals surface area contributed by atoms with Crippen molar-refractivity contribution in [2.75, 3.05) is 34.5 Å². The van der Waals surface area contributed by atoms with Gasteiger partial charge >= 0.3 is 5.97 Å². The average molecular weight is 381 g/mol. The van der Waals surface area contributed by atoms with Crippen LogP contribution in [0.4, 0.5) is 0 Å². The number of carbonyl (C=O) groups is 1. The molecule has 2 nitrogen and oxygen atoms in total. The zero-order chi connectivity index (χ0) is 15.6. The van der Waals surface area contributed by atoms with Crippen LogP contribution in [0.5, 0.6) is 0 Å². The predicted molar refractivity (Wildman–Crippen MR) is 106 cm³/mol. The monoisotopic (exact) mass is 380 g/mol. The summed E-state index contributed by atoms with van der Waals surface area (Å²) in [6, 6.07) is 0. The summed E-state index contributed by atoms with van der Waals surface area (Å²) in [7, 11) is 0. The van der Waals surface area contributed by atoms with Gasteiger partial charge in [0.1, 0.15) is 0 Å². The third-order valence-corrected chi connectivity index (χ3v) is 10.2. The third kappa shape index (κ3) is 7.63. The standard InChI is InChI=1S/C16H28O2S4/c17-16(18)6-2-4-13(15-12-20-8-10-22-15)3-1-5-14-11-19-7-9-21-14/h13-15H,1-12H2,(H,17,18). The van der Waals surface area contributed by atoms with Crippen molar-refractivity contribution in [3.63, 3.8) is 0 Å². The minimum absolute atomic E-state index is 0.343. The molecule has 3 unspecified atom stereocenters. The summed E-state index contributed by atoms with van der Waals surface area (Å²) in [6.07, 6.45) is 6.30. The molecule has 128 valence electrons. The SMILES string of the molecule is O=C(O)CCCC(CCCC1CSCCS1)C1CSCCS1. The van der Waals surface area contributed by atoms with E-state index in [0.717, 1.165) is 29.3 Å². The van der Waals surface area contributed by atoms with Gasteiger partial charge in [-0.2, -0.15) is 47.0 Å². The van der Waals surface area contributed by atoms with Gasteiger partial charge in [0.25, 0.3) is 0 Å². The van der Waals surface area contributed by atoms with Gasteiger partial charge in [0, 0.05) is 51.4 Å². The van der Waals surface area contributed by atoms with Crippen LogP contribution in [0, 0.1) is 5.92 Å². The third-order valence-electron chi connectivity index (χ3n) is 4.32. The number of hydrogen-bond acceptors (Lipinski definition) is 5.